The van der Waals surface area contributed by atoms with Gasteiger partial charge in [0, 0.05) is 43.4 Å². The van der Waals surface area contributed by atoms with Crippen molar-refractivity contribution in [3.8, 4) is 22.7 Å². The third-order valence-electron chi connectivity index (χ3n) is 5.87. The highest BCUT2D eigenvalue weighted by atomic mass is 19.1. The molecule has 4 aromatic rings. The minimum atomic E-state index is -0.367. The van der Waals surface area contributed by atoms with Crippen LogP contribution >= 0.6 is 0 Å². The van der Waals surface area contributed by atoms with E-state index in [2.05, 4.69) is 51.2 Å². The number of rotatable bonds is 4. The Hall–Kier alpha value is -3.45. The molecule has 7 heteroatoms. The van der Waals surface area contributed by atoms with Gasteiger partial charge in [-0.3, -0.25) is 4.98 Å². The average molecular weight is 417 g/mol. The van der Waals surface area contributed by atoms with Crippen LogP contribution in [-0.2, 0) is 0 Å². The van der Waals surface area contributed by atoms with Crippen molar-refractivity contribution in [2.24, 2.45) is 0 Å². The maximum Gasteiger partial charge on any atom is 0.136 e. The first-order valence-corrected chi connectivity index (χ1v) is 10.3. The molecule has 31 heavy (non-hydrogen) atoms. The second kappa shape index (κ2) is 8.00. The second-order valence-corrected chi connectivity index (χ2v) is 7.81. The van der Waals surface area contributed by atoms with Crippen LogP contribution in [0.15, 0.2) is 60.9 Å². The number of hydrogen-bond donors (Lipinski definition) is 0. The van der Waals surface area contributed by atoms with Gasteiger partial charge in [-0.2, -0.15) is 5.10 Å². The Balaban J connectivity index is 1.51. The maximum atomic E-state index is 14.6. The molecule has 1 fully saturated rings. The molecule has 158 valence electrons. The van der Waals surface area contributed by atoms with Gasteiger partial charge in [0.1, 0.15) is 11.6 Å². The molecule has 0 aliphatic carbocycles. The molecule has 5 rings (SSSR count). The lowest BCUT2D eigenvalue weighted by Gasteiger charge is -2.34. The van der Waals surface area contributed by atoms with Crippen molar-refractivity contribution >= 4 is 16.6 Å². The van der Waals surface area contributed by atoms with E-state index in [9.17, 15) is 4.39 Å². The molecule has 0 bridgehead atoms. The zero-order valence-electron chi connectivity index (χ0n) is 17.6. The van der Waals surface area contributed by atoms with Crippen LogP contribution in [0.5, 0.6) is 5.75 Å². The van der Waals surface area contributed by atoms with Gasteiger partial charge in [0.15, 0.2) is 0 Å². The van der Waals surface area contributed by atoms with Crippen LogP contribution in [0.4, 0.5) is 10.1 Å². The van der Waals surface area contributed by atoms with Gasteiger partial charge in [0.05, 0.1) is 35.8 Å². The van der Waals surface area contributed by atoms with E-state index in [1.807, 2.05) is 10.7 Å². The third-order valence-corrected chi connectivity index (χ3v) is 5.87. The molecular weight excluding hydrogens is 393 g/mol. The van der Waals surface area contributed by atoms with Gasteiger partial charge in [0.2, 0.25) is 0 Å². The summed E-state index contributed by atoms with van der Waals surface area (Å²) in [5.74, 6) is 0.0863. The molecule has 2 aromatic heterocycles. The van der Waals surface area contributed by atoms with Crippen LogP contribution < -0.4 is 9.64 Å². The standard InChI is InChI=1S/C24H24FN5O/c1-28-10-12-29(13-11-28)18-6-8-19(9-7-18)30-22-14-21(26-15-17(22)16-27-30)24-20(25)4-3-5-23(24)31-2/h3-9,14-16H,10-13H2,1-2H3. The highest BCUT2D eigenvalue weighted by Crippen LogP contribution is 2.33. The number of hydrogen-bond acceptors (Lipinski definition) is 5. The molecule has 0 amide bonds. The summed E-state index contributed by atoms with van der Waals surface area (Å²) in [6.07, 6.45) is 3.50. The molecule has 0 atom stereocenters. The van der Waals surface area contributed by atoms with E-state index in [4.69, 9.17) is 4.74 Å². The summed E-state index contributed by atoms with van der Waals surface area (Å²) in [7, 11) is 3.69. The van der Waals surface area contributed by atoms with Crippen LogP contribution in [0.2, 0.25) is 0 Å². The van der Waals surface area contributed by atoms with Gasteiger partial charge < -0.3 is 14.5 Å². The third kappa shape index (κ3) is 3.61. The number of fused-ring (bicyclic) bond motifs is 1. The van der Waals surface area contributed by atoms with Crippen molar-refractivity contribution < 1.29 is 9.13 Å². The fourth-order valence-electron chi connectivity index (χ4n) is 4.06. The number of benzene rings is 2. The monoisotopic (exact) mass is 417 g/mol. The Morgan fingerprint density at radius 3 is 2.42 bits per heavy atom. The summed E-state index contributed by atoms with van der Waals surface area (Å²) in [4.78, 5) is 9.20. The topological polar surface area (TPSA) is 46.4 Å². The Bertz CT molecular complexity index is 1210. The number of pyridine rings is 1. The minimum absolute atomic E-state index is 0.352. The highest BCUT2D eigenvalue weighted by molar-refractivity contribution is 5.84. The van der Waals surface area contributed by atoms with E-state index in [1.165, 1.54) is 18.9 Å². The summed E-state index contributed by atoms with van der Waals surface area (Å²) in [5, 5.41) is 5.44. The van der Waals surface area contributed by atoms with E-state index in [-0.39, 0.29) is 5.82 Å². The second-order valence-electron chi connectivity index (χ2n) is 7.81. The molecule has 0 saturated carbocycles. The summed E-state index contributed by atoms with van der Waals surface area (Å²) in [5.41, 5.74) is 3.89. The van der Waals surface area contributed by atoms with Gasteiger partial charge in [-0.05, 0) is 49.5 Å². The lowest BCUT2D eigenvalue weighted by atomic mass is 10.1. The van der Waals surface area contributed by atoms with Crippen molar-refractivity contribution in [2.75, 3.05) is 45.2 Å². The van der Waals surface area contributed by atoms with E-state index in [0.717, 1.165) is 42.8 Å². The first kappa shape index (κ1) is 19.5. The molecular formula is C24H24FN5O. The van der Waals surface area contributed by atoms with E-state index in [1.54, 1.807) is 24.5 Å². The van der Waals surface area contributed by atoms with E-state index >= 15 is 0 Å². The first-order chi connectivity index (χ1) is 15.1. The number of aromatic nitrogens is 3. The van der Waals surface area contributed by atoms with Gasteiger partial charge in [-0.25, -0.2) is 9.07 Å². The Labute approximate surface area is 180 Å². The molecule has 1 aliphatic rings. The Kier molecular flexibility index (Phi) is 5.03. The first-order valence-electron chi connectivity index (χ1n) is 10.3. The SMILES string of the molecule is COc1cccc(F)c1-c1cc2c(cn1)cnn2-c1ccc(N2CCN(C)CC2)cc1. The smallest absolute Gasteiger partial charge is 0.136 e. The number of ether oxygens (including phenoxy) is 1. The summed E-state index contributed by atoms with van der Waals surface area (Å²) < 4.78 is 21.8. The minimum Gasteiger partial charge on any atom is -0.496 e. The largest absolute Gasteiger partial charge is 0.496 e. The lowest BCUT2D eigenvalue weighted by molar-refractivity contribution is 0.313. The molecule has 6 nitrogen and oxygen atoms in total. The fraction of sp³-hybridized carbons (Fsp3) is 0.250. The zero-order chi connectivity index (χ0) is 21.4. The van der Waals surface area contributed by atoms with Gasteiger partial charge >= 0.3 is 0 Å². The summed E-state index contributed by atoms with van der Waals surface area (Å²) in [6.45, 7) is 4.20. The van der Waals surface area contributed by atoms with E-state index in [0.29, 0.717) is 17.0 Å². The molecule has 1 saturated heterocycles. The lowest BCUT2D eigenvalue weighted by Crippen LogP contribution is -2.44. The van der Waals surface area contributed by atoms with Crippen LogP contribution in [-0.4, -0.2) is 60.0 Å². The predicted octanol–water partition coefficient (Wildman–Crippen LogP) is 3.99. The van der Waals surface area contributed by atoms with Crippen molar-refractivity contribution in [3.05, 3.63) is 66.7 Å². The van der Waals surface area contributed by atoms with Crippen LogP contribution in [0.3, 0.4) is 0 Å². The van der Waals surface area contributed by atoms with E-state index < -0.39 is 0 Å². The molecule has 0 radical (unpaired) electrons. The summed E-state index contributed by atoms with van der Waals surface area (Å²) >= 11 is 0. The molecule has 1 aliphatic heterocycles. The number of likely N-dealkylation sites (N-methyl/N-ethyl adjacent to an activating group) is 1. The Morgan fingerprint density at radius 2 is 1.68 bits per heavy atom. The van der Waals surface area contributed by atoms with Crippen LogP contribution in [0.1, 0.15) is 0 Å². The molecule has 3 heterocycles. The molecule has 0 N–H and O–H groups in total. The van der Waals surface area contributed by atoms with Gasteiger partial charge in [0.25, 0.3) is 0 Å². The summed E-state index contributed by atoms with van der Waals surface area (Å²) in [6, 6.07) is 15.1. The highest BCUT2D eigenvalue weighted by Gasteiger charge is 2.17. The quantitative estimate of drug-likeness (QED) is 0.503. The van der Waals surface area contributed by atoms with Gasteiger partial charge in [-0.1, -0.05) is 6.07 Å². The Morgan fingerprint density at radius 1 is 0.935 bits per heavy atom. The number of halogens is 1. The number of methoxy groups -OCH3 is 1. The molecule has 2 aromatic carbocycles. The van der Waals surface area contributed by atoms with Crippen LogP contribution in [0.25, 0.3) is 27.8 Å². The normalized spacial score (nSPS) is 14.9. The molecule has 0 spiro atoms. The zero-order valence-corrected chi connectivity index (χ0v) is 17.6. The average Bonchev–Trinajstić information content (AvgIpc) is 3.23. The maximum absolute atomic E-state index is 14.6. The van der Waals surface area contributed by atoms with Crippen LogP contribution in [0, 0.1) is 5.82 Å². The number of anilines is 1. The van der Waals surface area contributed by atoms with Crippen molar-refractivity contribution in [2.45, 2.75) is 0 Å². The van der Waals surface area contributed by atoms with Crippen molar-refractivity contribution in [3.63, 3.8) is 0 Å². The fourth-order valence-corrected chi connectivity index (χ4v) is 4.06. The molecule has 0 unspecified atom stereocenters. The predicted molar refractivity (Wildman–Crippen MR) is 121 cm³/mol. The van der Waals surface area contributed by atoms with Crippen molar-refractivity contribution in [1.82, 2.24) is 19.7 Å². The number of piperazine rings is 1. The number of nitrogens with zero attached hydrogens (tertiary/aromatic N) is 5. The van der Waals surface area contributed by atoms with Gasteiger partial charge in [-0.15, -0.1) is 0 Å². The van der Waals surface area contributed by atoms with Crippen molar-refractivity contribution in [1.29, 1.82) is 0 Å².